The summed E-state index contributed by atoms with van der Waals surface area (Å²) in [6.45, 7) is 5.82. The number of nitrogens with one attached hydrogen (secondary N) is 2. The van der Waals surface area contributed by atoms with Gasteiger partial charge in [0.25, 0.3) is 0 Å². The zero-order valence-corrected chi connectivity index (χ0v) is 16.4. The third-order valence-electron chi connectivity index (χ3n) is 4.67. The summed E-state index contributed by atoms with van der Waals surface area (Å²) in [5, 5.41) is 5.93. The fraction of sp³-hybridized carbons (Fsp3) is 0.600. The molecule has 2 amide bonds. The van der Waals surface area contributed by atoms with Crippen molar-refractivity contribution >= 4 is 17.5 Å². The molecule has 0 unspecified atom stereocenters. The van der Waals surface area contributed by atoms with E-state index in [1.807, 2.05) is 20.8 Å². The second-order valence-electron chi connectivity index (χ2n) is 8.02. The maximum Gasteiger partial charge on any atom is 0.231 e. The van der Waals surface area contributed by atoms with Crippen molar-refractivity contribution in [2.24, 2.45) is 5.41 Å². The summed E-state index contributed by atoms with van der Waals surface area (Å²) < 4.78 is 10.5. The monoisotopic (exact) mass is 362 g/mol. The van der Waals surface area contributed by atoms with Crippen LogP contribution in [0.4, 0.5) is 5.69 Å². The van der Waals surface area contributed by atoms with Crippen molar-refractivity contribution in [2.75, 3.05) is 19.5 Å². The lowest BCUT2D eigenvalue weighted by Crippen LogP contribution is -2.45. The van der Waals surface area contributed by atoms with Gasteiger partial charge in [-0.3, -0.25) is 9.59 Å². The fourth-order valence-electron chi connectivity index (χ4n) is 3.45. The standard InChI is InChI=1S/C20H30N2O4/c1-19(2,3)22-17(23)13-20(8-6-7-9-20)18(24)21-14-10-15(25-4)12-16(11-14)26-5/h10-12H,6-9,13H2,1-5H3,(H,21,24)(H,22,23). The number of hydrogen-bond acceptors (Lipinski definition) is 4. The number of ether oxygens (including phenoxy) is 2. The molecule has 1 aromatic carbocycles. The van der Waals surface area contributed by atoms with E-state index in [4.69, 9.17) is 9.47 Å². The topological polar surface area (TPSA) is 76.7 Å². The molecule has 1 saturated carbocycles. The van der Waals surface area contributed by atoms with Crippen LogP contribution < -0.4 is 20.1 Å². The van der Waals surface area contributed by atoms with Crippen molar-refractivity contribution < 1.29 is 19.1 Å². The molecule has 1 fully saturated rings. The lowest BCUT2D eigenvalue weighted by atomic mass is 9.81. The quantitative estimate of drug-likeness (QED) is 0.812. The lowest BCUT2D eigenvalue weighted by Gasteiger charge is -2.29. The summed E-state index contributed by atoms with van der Waals surface area (Å²) in [7, 11) is 3.13. The Balaban J connectivity index is 2.17. The van der Waals surface area contributed by atoms with Gasteiger partial charge in [0.05, 0.1) is 19.6 Å². The molecule has 0 radical (unpaired) electrons. The van der Waals surface area contributed by atoms with E-state index in [2.05, 4.69) is 10.6 Å². The predicted molar refractivity (Wildman–Crippen MR) is 102 cm³/mol. The third-order valence-corrected chi connectivity index (χ3v) is 4.67. The van der Waals surface area contributed by atoms with E-state index in [1.54, 1.807) is 32.4 Å². The van der Waals surface area contributed by atoms with E-state index in [9.17, 15) is 9.59 Å². The third kappa shape index (κ3) is 5.13. The number of benzene rings is 1. The molecule has 0 heterocycles. The van der Waals surface area contributed by atoms with Gasteiger partial charge in [0.15, 0.2) is 0 Å². The minimum absolute atomic E-state index is 0.0854. The van der Waals surface area contributed by atoms with E-state index in [1.165, 1.54) is 0 Å². The number of hydrogen-bond donors (Lipinski definition) is 2. The average Bonchev–Trinajstić information content (AvgIpc) is 3.02. The molecule has 1 aliphatic rings. The van der Waals surface area contributed by atoms with E-state index in [-0.39, 0.29) is 23.8 Å². The summed E-state index contributed by atoms with van der Waals surface area (Å²) >= 11 is 0. The van der Waals surface area contributed by atoms with Crippen molar-refractivity contribution in [1.29, 1.82) is 0 Å². The van der Waals surface area contributed by atoms with Gasteiger partial charge in [-0.15, -0.1) is 0 Å². The number of carbonyl (C=O) groups excluding carboxylic acids is 2. The molecule has 0 bridgehead atoms. The molecule has 6 nitrogen and oxygen atoms in total. The second-order valence-corrected chi connectivity index (χ2v) is 8.02. The van der Waals surface area contributed by atoms with Gasteiger partial charge in [-0.2, -0.15) is 0 Å². The molecule has 26 heavy (non-hydrogen) atoms. The minimum atomic E-state index is -0.661. The van der Waals surface area contributed by atoms with Gasteiger partial charge in [-0.1, -0.05) is 12.8 Å². The van der Waals surface area contributed by atoms with Crippen LogP contribution in [0.15, 0.2) is 18.2 Å². The van der Waals surface area contributed by atoms with Crippen LogP contribution in [0.25, 0.3) is 0 Å². The Labute approximate surface area is 155 Å². The largest absolute Gasteiger partial charge is 0.497 e. The molecule has 0 aliphatic heterocycles. The van der Waals surface area contributed by atoms with Gasteiger partial charge >= 0.3 is 0 Å². The van der Waals surface area contributed by atoms with Gasteiger partial charge in [0.2, 0.25) is 11.8 Å². The summed E-state index contributed by atoms with van der Waals surface area (Å²) in [5.74, 6) is 1.00. The summed E-state index contributed by atoms with van der Waals surface area (Å²) in [6, 6.07) is 5.24. The van der Waals surface area contributed by atoms with Crippen LogP contribution in [-0.4, -0.2) is 31.6 Å². The Morgan fingerprint density at radius 3 is 2.04 bits per heavy atom. The molecule has 144 valence electrons. The maximum atomic E-state index is 13.1. The predicted octanol–water partition coefficient (Wildman–Crippen LogP) is 3.51. The van der Waals surface area contributed by atoms with E-state index in [0.29, 0.717) is 17.2 Å². The van der Waals surface area contributed by atoms with Crippen LogP contribution in [-0.2, 0) is 9.59 Å². The number of methoxy groups -OCH3 is 2. The first-order chi connectivity index (χ1) is 12.2. The lowest BCUT2D eigenvalue weighted by molar-refractivity contribution is -0.133. The van der Waals surface area contributed by atoms with Crippen molar-refractivity contribution in [1.82, 2.24) is 5.32 Å². The molecule has 1 aliphatic carbocycles. The highest BCUT2D eigenvalue weighted by molar-refractivity contribution is 5.98. The molecule has 2 N–H and O–H groups in total. The molecule has 0 saturated heterocycles. The number of carbonyl (C=O) groups is 2. The van der Waals surface area contributed by atoms with Crippen LogP contribution in [0.5, 0.6) is 11.5 Å². The van der Waals surface area contributed by atoms with Crippen molar-refractivity contribution in [3.63, 3.8) is 0 Å². The molecule has 2 rings (SSSR count). The second kappa shape index (κ2) is 7.98. The minimum Gasteiger partial charge on any atom is -0.497 e. The number of amides is 2. The molecule has 6 heteroatoms. The molecule has 0 atom stereocenters. The zero-order valence-electron chi connectivity index (χ0n) is 16.4. The first-order valence-electron chi connectivity index (χ1n) is 9.03. The zero-order chi connectivity index (χ0) is 19.4. The molecule has 0 aromatic heterocycles. The van der Waals surface area contributed by atoms with Gasteiger partial charge in [0, 0.05) is 35.8 Å². The highest BCUT2D eigenvalue weighted by atomic mass is 16.5. The maximum absolute atomic E-state index is 13.1. The Kier molecular flexibility index (Phi) is 6.16. The van der Waals surface area contributed by atoms with Crippen LogP contribution in [0.3, 0.4) is 0 Å². The van der Waals surface area contributed by atoms with Gasteiger partial charge in [-0.05, 0) is 33.6 Å². The van der Waals surface area contributed by atoms with Crippen LogP contribution in [0, 0.1) is 5.41 Å². The molecule has 0 spiro atoms. The average molecular weight is 362 g/mol. The first-order valence-corrected chi connectivity index (χ1v) is 9.03. The van der Waals surface area contributed by atoms with Crippen LogP contribution in [0.1, 0.15) is 52.9 Å². The summed E-state index contributed by atoms with van der Waals surface area (Å²) in [4.78, 5) is 25.5. The Morgan fingerprint density at radius 1 is 1.04 bits per heavy atom. The van der Waals surface area contributed by atoms with Gasteiger partial charge in [-0.25, -0.2) is 0 Å². The number of rotatable bonds is 6. The Hall–Kier alpha value is -2.24. The summed E-state index contributed by atoms with van der Waals surface area (Å²) in [5.41, 5.74) is -0.368. The van der Waals surface area contributed by atoms with E-state index >= 15 is 0 Å². The Morgan fingerprint density at radius 2 is 1.58 bits per heavy atom. The van der Waals surface area contributed by atoms with Gasteiger partial charge in [0.1, 0.15) is 11.5 Å². The van der Waals surface area contributed by atoms with Crippen LogP contribution >= 0.6 is 0 Å². The smallest absolute Gasteiger partial charge is 0.231 e. The van der Waals surface area contributed by atoms with Crippen LogP contribution in [0.2, 0.25) is 0 Å². The Bertz CT molecular complexity index is 636. The van der Waals surface area contributed by atoms with Crippen molar-refractivity contribution in [3.05, 3.63) is 18.2 Å². The SMILES string of the molecule is COc1cc(NC(=O)C2(CC(=O)NC(C)(C)C)CCCC2)cc(OC)c1. The van der Waals surface area contributed by atoms with E-state index in [0.717, 1.165) is 25.7 Å². The highest BCUT2D eigenvalue weighted by Crippen LogP contribution is 2.42. The van der Waals surface area contributed by atoms with Crippen molar-refractivity contribution in [2.45, 2.75) is 58.4 Å². The molecule has 1 aromatic rings. The van der Waals surface area contributed by atoms with E-state index < -0.39 is 5.41 Å². The van der Waals surface area contributed by atoms with Gasteiger partial charge < -0.3 is 20.1 Å². The normalized spacial score (nSPS) is 16.0. The summed E-state index contributed by atoms with van der Waals surface area (Å²) in [6.07, 6.45) is 3.56. The highest BCUT2D eigenvalue weighted by Gasteiger charge is 2.43. The number of anilines is 1. The molecular weight excluding hydrogens is 332 g/mol. The fourth-order valence-corrected chi connectivity index (χ4v) is 3.45. The first kappa shape index (κ1) is 20.1. The molecular formula is C20H30N2O4. The van der Waals surface area contributed by atoms with Crippen molar-refractivity contribution in [3.8, 4) is 11.5 Å².